The minimum absolute atomic E-state index is 0.0000873. The minimum atomic E-state index is -3.72. The molecule has 2 aromatic carbocycles. The van der Waals surface area contributed by atoms with Gasteiger partial charge in [0, 0.05) is 28.8 Å². The molecule has 5 rings (SSSR count). The third kappa shape index (κ3) is 2.51. The van der Waals surface area contributed by atoms with Gasteiger partial charge >= 0.3 is 0 Å². The summed E-state index contributed by atoms with van der Waals surface area (Å²) in [6.07, 6.45) is 1.86. The van der Waals surface area contributed by atoms with Gasteiger partial charge in [-0.15, -0.1) is 11.8 Å². The van der Waals surface area contributed by atoms with Crippen LogP contribution < -0.4 is 9.21 Å². The fraction of sp³-hybridized carbons (Fsp3) is 0.350. The second-order valence-corrected chi connectivity index (χ2v) is 10.6. The molecule has 1 atom stereocenters. The molecule has 1 amide bonds. The van der Waals surface area contributed by atoms with Gasteiger partial charge in [-0.3, -0.25) is 9.10 Å². The molecule has 0 bridgehead atoms. The van der Waals surface area contributed by atoms with Crippen molar-refractivity contribution in [2.24, 2.45) is 0 Å². The third-order valence-electron chi connectivity index (χ3n) is 5.51. The van der Waals surface area contributed by atoms with Gasteiger partial charge in [0.15, 0.2) is 0 Å². The Labute approximate surface area is 163 Å². The average molecular weight is 401 g/mol. The van der Waals surface area contributed by atoms with Gasteiger partial charge < -0.3 is 4.90 Å². The monoisotopic (exact) mass is 400 g/mol. The third-order valence-corrected chi connectivity index (χ3v) is 8.54. The zero-order valence-corrected chi connectivity index (χ0v) is 16.6. The number of thioether (sulfide) groups is 1. The first-order valence-electron chi connectivity index (χ1n) is 9.20. The van der Waals surface area contributed by atoms with Crippen molar-refractivity contribution in [2.75, 3.05) is 22.3 Å². The standard InChI is InChI=1S/C20H20N2O3S2/c1-13-12-21-19(23)11-15-18(9-8-17(26-13)20(15)21)27(24,25)22-10-4-6-14-5-2-3-7-16(14)22/h2-3,5,7-9,13H,4,6,10-12H2,1H3/t13-/m0/s1. The number of para-hydroxylation sites is 1. The van der Waals surface area contributed by atoms with Crippen molar-refractivity contribution in [3.05, 3.63) is 47.5 Å². The van der Waals surface area contributed by atoms with Gasteiger partial charge in [0.2, 0.25) is 5.91 Å². The molecular weight excluding hydrogens is 380 g/mol. The Kier molecular flexibility index (Phi) is 3.81. The molecule has 7 heteroatoms. The van der Waals surface area contributed by atoms with E-state index in [-0.39, 0.29) is 17.2 Å². The van der Waals surface area contributed by atoms with Crippen molar-refractivity contribution in [3.63, 3.8) is 0 Å². The molecule has 0 aliphatic carbocycles. The van der Waals surface area contributed by atoms with Crippen LogP contribution in [0.5, 0.6) is 0 Å². The Hall–Kier alpha value is -1.99. The topological polar surface area (TPSA) is 57.7 Å². The van der Waals surface area contributed by atoms with Crippen LogP contribution in [0.2, 0.25) is 0 Å². The predicted molar refractivity (Wildman–Crippen MR) is 107 cm³/mol. The smallest absolute Gasteiger partial charge is 0.264 e. The van der Waals surface area contributed by atoms with E-state index >= 15 is 0 Å². The first-order chi connectivity index (χ1) is 13.0. The van der Waals surface area contributed by atoms with Gasteiger partial charge in [-0.25, -0.2) is 8.42 Å². The van der Waals surface area contributed by atoms with Crippen LogP contribution in [0.15, 0.2) is 46.2 Å². The number of benzene rings is 2. The van der Waals surface area contributed by atoms with Crippen LogP contribution in [0.25, 0.3) is 0 Å². The normalized spacial score (nSPS) is 21.2. The molecule has 5 nitrogen and oxygen atoms in total. The predicted octanol–water partition coefficient (Wildman–Crippen LogP) is 3.21. The molecule has 0 spiro atoms. The molecule has 0 saturated carbocycles. The summed E-state index contributed by atoms with van der Waals surface area (Å²) < 4.78 is 28.7. The number of anilines is 2. The highest BCUT2D eigenvalue weighted by Gasteiger charge is 2.40. The molecule has 3 heterocycles. The molecule has 0 fully saturated rings. The van der Waals surface area contributed by atoms with Gasteiger partial charge in [-0.2, -0.15) is 0 Å². The zero-order chi connectivity index (χ0) is 18.8. The second kappa shape index (κ2) is 6.01. The molecule has 0 N–H and O–H groups in total. The second-order valence-electron chi connectivity index (χ2n) is 7.31. The van der Waals surface area contributed by atoms with E-state index in [1.54, 1.807) is 22.7 Å². The number of nitrogens with zero attached hydrogens (tertiary/aromatic N) is 2. The van der Waals surface area contributed by atoms with E-state index in [9.17, 15) is 13.2 Å². The number of hydrogen-bond donors (Lipinski definition) is 0. The molecule has 2 aromatic rings. The van der Waals surface area contributed by atoms with Gasteiger partial charge in [0.1, 0.15) is 0 Å². The maximum Gasteiger partial charge on any atom is 0.264 e. The SMILES string of the molecule is C[C@H]1CN2C(=O)Cc3c(S(=O)(=O)N4CCCc5ccccc54)ccc(c32)S1. The number of hydrogen-bond acceptors (Lipinski definition) is 4. The Bertz CT molecular complexity index is 1060. The lowest BCUT2D eigenvalue weighted by molar-refractivity contribution is -0.117. The summed E-state index contributed by atoms with van der Waals surface area (Å²) in [4.78, 5) is 15.6. The van der Waals surface area contributed by atoms with Crippen molar-refractivity contribution < 1.29 is 13.2 Å². The van der Waals surface area contributed by atoms with E-state index in [0.29, 0.717) is 23.9 Å². The van der Waals surface area contributed by atoms with Crippen LogP contribution in [0.1, 0.15) is 24.5 Å². The van der Waals surface area contributed by atoms with Crippen LogP contribution in [-0.2, 0) is 27.7 Å². The van der Waals surface area contributed by atoms with E-state index < -0.39 is 10.0 Å². The van der Waals surface area contributed by atoms with E-state index in [0.717, 1.165) is 34.7 Å². The van der Waals surface area contributed by atoms with E-state index in [4.69, 9.17) is 0 Å². The lowest BCUT2D eigenvalue weighted by Crippen LogP contribution is -2.36. The molecule has 3 aliphatic heterocycles. The van der Waals surface area contributed by atoms with Gasteiger partial charge in [-0.05, 0) is 36.6 Å². The molecule has 0 aromatic heterocycles. The first-order valence-corrected chi connectivity index (χ1v) is 11.5. The maximum absolute atomic E-state index is 13.6. The Morgan fingerprint density at radius 3 is 2.81 bits per heavy atom. The summed E-state index contributed by atoms with van der Waals surface area (Å²) in [5.74, 6) is 0.0000873. The molecule has 3 aliphatic rings. The summed E-state index contributed by atoms with van der Waals surface area (Å²) >= 11 is 1.71. The Balaban J connectivity index is 1.66. The molecule has 140 valence electrons. The van der Waals surface area contributed by atoms with E-state index in [1.807, 2.05) is 30.3 Å². The van der Waals surface area contributed by atoms with Crippen molar-refractivity contribution in [3.8, 4) is 0 Å². The van der Waals surface area contributed by atoms with Crippen LogP contribution in [0.3, 0.4) is 0 Å². The van der Waals surface area contributed by atoms with Crippen molar-refractivity contribution in [2.45, 2.75) is 41.2 Å². The number of carbonyl (C=O) groups is 1. The summed E-state index contributed by atoms with van der Waals surface area (Å²) in [6.45, 7) is 3.20. The molecule has 0 radical (unpaired) electrons. The fourth-order valence-corrected chi connectivity index (χ4v) is 7.26. The quantitative estimate of drug-likeness (QED) is 0.777. The first kappa shape index (κ1) is 17.1. The molecule has 0 saturated heterocycles. The number of aryl methyl sites for hydroxylation is 1. The number of sulfonamides is 1. The Morgan fingerprint density at radius 2 is 1.96 bits per heavy atom. The number of carbonyl (C=O) groups excluding carboxylic acids is 1. The number of amides is 1. The summed E-state index contributed by atoms with van der Waals surface area (Å²) in [7, 11) is -3.72. The van der Waals surface area contributed by atoms with Crippen molar-refractivity contribution in [1.82, 2.24) is 0 Å². The Morgan fingerprint density at radius 1 is 1.15 bits per heavy atom. The van der Waals surface area contributed by atoms with E-state index in [1.165, 1.54) is 4.31 Å². The molecule has 27 heavy (non-hydrogen) atoms. The lowest BCUT2D eigenvalue weighted by atomic mass is 10.0. The summed E-state index contributed by atoms with van der Waals surface area (Å²) in [5.41, 5.74) is 3.30. The van der Waals surface area contributed by atoms with E-state index in [2.05, 4.69) is 6.92 Å². The molecule has 0 unspecified atom stereocenters. The fourth-order valence-electron chi connectivity index (χ4n) is 4.34. The summed E-state index contributed by atoms with van der Waals surface area (Å²) in [5, 5.41) is 0.309. The number of rotatable bonds is 2. The van der Waals surface area contributed by atoms with Gasteiger partial charge in [-0.1, -0.05) is 25.1 Å². The molecular formula is C20H20N2O3S2. The highest BCUT2D eigenvalue weighted by Crippen LogP contribution is 2.47. The largest absolute Gasteiger partial charge is 0.310 e. The van der Waals surface area contributed by atoms with Gasteiger partial charge in [0.05, 0.1) is 22.7 Å². The minimum Gasteiger partial charge on any atom is -0.310 e. The van der Waals surface area contributed by atoms with Crippen LogP contribution in [0, 0.1) is 0 Å². The van der Waals surface area contributed by atoms with Crippen molar-refractivity contribution in [1.29, 1.82) is 0 Å². The maximum atomic E-state index is 13.6. The lowest BCUT2D eigenvalue weighted by Gasteiger charge is -2.32. The van der Waals surface area contributed by atoms with Gasteiger partial charge in [0.25, 0.3) is 10.0 Å². The average Bonchev–Trinajstić information content (AvgIpc) is 2.98. The summed E-state index contributed by atoms with van der Waals surface area (Å²) in [6, 6.07) is 11.3. The van der Waals surface area contributed by atoms with Crippen LogP contribution >= 0.6 is 11.8 Å². The highest BCUT2D eigenvalue weighted by molar-refractivity contribution is 8.00. The zero-order valence-electron chi connectivity index (χ0n) is 15.0. The highest BCUT2D eigenvalue weighted by atomic mass is 32.2. The van der Waals surface area contributed by atoms with Crippen LogP contribution in [-0.4, -0.2) is 32.7 Å². The number of fused-ring (bicyclic) bond motifs is 1. The van der Waals surface area contributed by atoms with Crippen molar-refractivity contribution >= 4 is 39.1 Å². The van der Waals surface area contributed by atoms with Crippen LogP contribution in [0.4, 0.5) is 11.4 Å².